The number of rotatable bonds is 4. The van der Waals surface area contributed by atoms with Crippen LogP contribution in [0, 0.1) is 5.82 Å². The molecule has 0 atom stereocenters. The van der Waals surface area contributed by atoms with Gasteiger partial charge in [-0.3, -0.25) is 0 Å². The fourth-order valence-corrected chi connectivity index (χ4v) is 2.63. The smallest absolute Gasteiger partial charge is 0.146 e. The molecular formula is C15H19FN2OS. The molecule has 0 aliphatic heterocycles. The quantitative estimate of drug-likeness (QED) is 0.917. The van der Waals surface area contributed by atoms with E-state index in [1.165, 1.54) is 6.07 Å². The Hall–Kier alpha value is -1.62. The minimum absolute atomic E-state index is 0.0377. The van der Waals surface area contributed by atoms with E-state index in [4.69, 9.17) is 4.74 Å². The van der Waals surface area contributed by atoms with Crippen molar-refractivity contribution in [2.75, 3.05) is 12.4 Å². The Balaban J connectivity index is 2.07. The first-order valence-electron chi connectivity index (χ1n) is 6.42. The molecule has 1 aromatic carbocycles. The zero-order valence-electron chi connectivity index (χ0n) is 12.2. The molecule has 0 fully saturated rings. The fraction of sp³-hybridized carbons (Fsp3) is 0.400. The van der Waals surface area contributed by atoms with Gasteiger partial charge in [0.25, 0.3) is 0 Å². The Kier molecular flexibility index (Phi) is 4.28. The van der Waals surface area contributed by atoms with Crippen LogP contribution in [0.25, 0.3) is 0 Å². The van der Waals surface area contributed by atoms with Crippen LogP contribution in [0.2, 0.25) is 0 Å². The van der Waals surface area contributed by atoms with Gasteiger partial charge in [0.1, 0.15) is 16.6 Å². The predicted octanol–water partition coefficient (Wildman–Crippen LogP) is 4.20. The van der Waals surface area contributed by atoms with Gasteiger partial charge in [-0.25, -0.2) is 9.37 Å². The number of thiazole rings is 1. The van der Waals surface area contributed by atoms with E-state index in [1.54, 1.807) is 30.6 Å². The van der Waals surface area contributed by atoms with Gasteiger partial charge in [0, 0.05) is 16.9 Å². The van der Waals surface area contributed by atoms with Gasteiger partial charge in [0.15, 0.2) is 0 Å². The summed E-state index contributed by atoms with van der Waals surface area (Å²) >= 11 is 1.58. The lowest BCUT2D eigenvalue weighted by molar-refractivity contribution is 0.414. The molecule has 5 heteroatoms. The van der Waals surface area contributed by atoms with E-state index in [-0.39, 0.29) is 11.2 Å². The number of ether oxygens (including phenoxy) is 1. The van der Waals surface area contributed by atoms with E-state index >= 15 is 0 Å². The third-order valence-corrected chi connectivity index (χ3v) is 3.77. The summed E-state index contributed by atoms with van der Waals surface area (Å²) in [4.78, 5) is 4.57. The van der Waals surface area contributed by atoms with E-state index in [9.17, 15) is 4.39 Å². The number of aromatic nitrogens is 1. The summed E-state index contributed by atoms with van der Waals surface area (Å²) in [5.74, 6) is 0.335. The van der Waals surface area contributed by atoms with Crippen molar-refractivity contribution in [2.45, 2.75) is 32.7 Å². The summed E-state index contributed by atoms with van der Waals surface area (Å²) in [6.45, 7) is 6.88. The van der Waals surface area contributed by atoms with Gasteiger partial charge < -0.3 is 10.1 Å². The molecule has 0 aliphatic carbocycles. The number of benzene rings is 1. The number of methoxy groups -OCH3 is 1. The molecule has 2 aromatic rings. The number of halogens is 1. The molecule has 2 rings (SSSR count). The van der Waals surface area contributed by atoms with Crippen LogP contribution >= 0.6 is 11.3 Å². The standard InChI is InChI=1S/C15H19FN2OS/c1-15(2,3)13-9-20-14(18-13)8-17-12-7-10(19-4)5-6-11(12)16/h5-7,9,17H,8H2,1-4H3. The lowest BCUT2D eigenvalue weighted by Gasteiger charge is -2.14. The van der Waals surface area contributed by atoms with Gasteiger partial charge in [0.05, 0.1) is 25.0 Å². The van der Waals surface area contributed by atoms with Gasteiger partial charge in [-0.2, -0.15) is 0 Å². The zero-order chi connectivity index (χ0) is 14.8. The lowest BCUT2D eigenvalue weighted by atomic mass is 9.93. The van der Waals surface area contributed by atoms with E-state index in [0.717, 1.165) is 10.7 Å². The third kappa shape index (κ3) is 3.48. The van der Waals surface area contributed by atoms with Crippen LogP contribution in [0.5, 0.6) is 5.75 Å². The van der Waals surface area contributed by atoms with Gasteiger partial charge in [0.2, 0.25) is 0 Å². The fourth-order valence-electron chi connectivity index (χ4n) is 1.67. The maximum absolute atomic E-state index is 13.7. The molecule has 0 amide bonds. The highest BCUT2D eigenvalue weighted by Crippen LogP contribution is 2.25. The molecule has 20 heavy (non-hydrogen) atoms. The number of anilines is 1. The zero-order valence-corrected chi connectivity index (χ0v) is 13.0. The molecule has 3 nitrogen and oxygen atoms in total. The Morgan fingerprint density at radius 1 is 1.35 bits per heavy atom. The Labute approximate surface area is 122 Å². The summed E-state index contributed by atoms with van der Waals surface area (Å²) < 4.78 is 18.8. The van der Waals surface area contributed by atoms with Gasteiger partial charge in [-0.15, -0.1) is 11.3 Å². The SMILES string of the molecule is COc1ccc(F)c(NCc2nc(C(C)(C)C)cs2)c1. The molecule has 0 bridgehead atoms. The highest BCUT2D eigenvalue weighted by molar-refractivity contribution is 7.09. The van der Waals surface area contributed by atoms with Crippen molar-refractivity contribution in [2.24, 2.45) is 0 Å². The van der Waals surface area contributed by atoms with Crippen LogP contribution in [-0.4, -0.2) is 12.1 Å². The first kappa shape index (κ1) is 14.8. The second-order valence-corrected chi connectivity index (χ2v) is 6.52. The Morgan fingerprint density at radius 3 is 2.70 bits per heavy atom. The lowest BCUT2D eigenvalue weighted by Crippen LogP contribution is -2.12. The minimum Gasteiger partial charge on any atom is -0.497 e. The van der Waals surface area contributed by atoms with Crippen LogP contribution in [0.1, 0.15) is 31.5 Å². The predicted molar refractivity (Wildman–Crippen MR) is 81.1 cm³/mol. The van der Waals surface area contributed by atoms with Gasteiger partial charge in [-0.05, 0) is 12.1 Å². The summed E-state index contributed by atoms with van der Waals surface area (Å²) in [5, 5.41) is 6.06. The maximum atomic E-state index is 13.7. The molecule has 1 heterocycles. The average molecular weight is 294 g/mol. The van der Waals surface area contributed by atoms with Gasteiger partial charge >= 0.3 is 0 Å². The molecule has 0 saturated heterocycles. The monoisotopic (exact) mass is 294 g/mol. The molecule has 0 aliphatic rings. The second kappa shape index (κ2) is 5.79. The van der Waals surface area contributed by atoms with E-state index in [2.05, 4.69) is 36.5 Å². The molecular weight excluding hydrogens is 275 g/mol. The number of hydrogen-bond donors (Lipinski definition) is 1. The Morgan fingerprint density at radius 2 is 2.10 bits per heavy atom. The largest absolute Gasteiger partial charge is 0.497 e. The summed E-state index contributed by atoms with van der Waals surface area (Å²) in [6.07, 6.45) is 0. The molecule has 0 radical (unpaired) electrons. The molecule has 0 spiro atoms. The molecule has 0 unspecified atom stereocenters. The van der Waals surface area contributed by atoms with E-state index in [1.807, 2.05) is 0 Å². The minimum atomic E-state index is -0.293. The van der Waals surface area contributed by atoms with Crippen molar-refractivity contribution < 1.29 is 9.13 Å². The van der Waals surface area contributed by atoms with Crippen LogP contribution < -0.4 is 10.1 Å². The second-order valence-electron chi connectivity index (χ2n) is 5.58. The van der Waals surface area contributed by atoms with Crippen LogP contribution in [0.15, 0.2) is 23.6 Å². The highest BCUT2D eigenvalue weighted by atomic mass is 32.1. The highest BCUT2D eigenvalue weighted by Gasteiger charge is 2.17. The van der Waals surface area contributed by atoms with Gasteiger partial charge in [-0.1, -0.05) is 20.8 Å². The van der Waals surface area contributed by atoms with Crippen molar-refractivity contribution >= 4 is 17.0 Å². The van der Waals surface area contributed by atoms with Crippen molar-refractivity contribution in [1.82, 2.24) is 4.98 Å². The molecule has 0 saturated carbocycles. The molecule has 108 valence electrons. The van der Waals surface area contributed by atoms with Crippen molar-refractivity contribution in [1.29, 1.82) is 0 Å². The van der Waals surface area contributed by atoms with E-state index in [0.29, 0.717) is 18.0 Å². The van der Waals surface area contributed by atoms with E-state index < -0.39 is 0 Å². The summed E-state index contributed by atoms with van der Waals surface area (Å²) in [6, 6.07) is 4.64. The average Bonchev–Trinajstić information content (AvgIpc) is 2.86. The number of nitrogens with one attached hydrogen (secondary N) is 1. The summed E-state index contributed by atoms with van der Waals surface area (Å²) in [5.41, 5.74) is 1.53. The first-order chi connectivity index (χ1) is 9.40. The maximum Gasteiger partial charge on any atom is 0.146 e. The first-order valence-corrected chi connectivity index (χ1v) is 7.30. The van der Waals surface area contributed by atoms with Crippen LogP contribution in [0.4, 0.5) is 10.1 Å². The topological polar surface area (TPSA) is 34.1 Å². The number of nitrogens with zero attached hydrogens (tertiary/aromatic N) is 1. The van der Waals surface area contributed by atoms with Crippen molar-refractivity contribution in [3.63, 3.8) is 0 Å². The molecule has 1 N–H and O–H groups in total. The van der Waals surface area contributed by atoms with Crippen LogP contribution in [0.3, 0.4) is 0 Å². The molecule has 1 aromatic heterocycles. The third-order valence-electron chi connectivity index (χ3n) is 2.92. The summed E-state index contributed by atoms with van der Waals surface area (Å²) in [7, 11) is 1.56. The normalized spacial score (nSPS) is 11.4. The van der Waals surface area contributed by atoms with Crippen molar-refractivity contribution in [3.05, 3.63) is 40.1 Å². The van der Waals surface area contributed by atoms with Crippen molar-refractivity contribution in [3.8, 4) is 5.75 Å². The number of hydrogen-bond acceptors (Lipinski definition) is 4. The van der Waals surface area contributed by atoms with Crippen LogP contribution in [-0.2, 0) is 12.0 Å². The Bertz CT molecular complexity index is 590.